The SMILES string of the molecule is COc1cccc(NC(=O)NC2CCc3c([nH]c4ccccc34)C2)c1. The molecule has 0 bridgehead atoms. The normalized spacial score (nSPS) is 16.3. The Balaban J connectivity index is 1.42. The molecule has 4 rings (SSSR count). The molecule has 3 N–H and O–H groups in total. The van der Waals surface area contributed by atoms with Crippen LogP contribution in [-0.2, 0) is 12.8 Å². The van der Waals surface area contributed by atoms with Crippen LogP contribution in [0.1, 0.15) is 17.7 Å². The molecule has 0 saturated carbocycles. The number of carbonyl (C=O) groups is 1. The van der Waals surface area contributed by atoms with E-state index in [4.69, 9.17) is 4.74 Å². The predicted molar refractivity (Wildman–Crippen MR) is 99.3 cm³/mol. The Morgan fingerprint density at radius 3 is 2.96 bits per heavy atom. The summed E-state index contributed by atoms with van der Waals surface area (Å²) in [7, 11) is 1.61. The van der Waals surface area contributed by atoms with Crippen molar-refractivity contribution >= 4 is 22.6 Å². The summed E-state index contributed by atoms with van der Waals surface area (Å²) in [6.07, 6.45) is 2.75. The van der Waals surface area contributed by atoms with E-state index in [0.717, 1.165) is 30.7 Å². The molecule has 1 aliphatic carbocycles. The highest BCUT2D eigenvalue weighted by atomic mass is 16.5. The van der Waals surface area contributed by atoms with E-state index >= 15 is 0 Å². The van der Waals surface area contributed by atoms with Gasteiger partial charge in [0.2, 0.25) is 0 Å². The Morgan fingerprint density at radius 1 is 1.20 bits per heavy atom. The van der Waals surface area contributed by atoms with E-state index in [-0.39, 0.29) is 12.1 Å². The number of amides is 2. The summed E-state index contributed by atoms with van der Waals surface area (Å²) in [5.74, 6) is 0.721. The number of nitrogens with one attached hydrogen (secondary N) is 3. The van der Waals surface area contributed by atoms with Gasteiger partial charge in [0.25, 0.3) is 0 Å². The van der Waals surface area contributed by atoms with Gasteiger partial charge < -0.3 is 20.4 Å². The summed E-state index contributed by atoms with van der Waals surface area (Å²) in [5, 5.41) is 7.26. The molecule has 0 fully saturated rings. The number of H-pyrrole nitrogens is 1. The molecule has 2 aromatic carbocycles. The molecule has 1 aromatic heterocycles. The van der Waals surface area contributed by atoms with E-state index in [1.807, 2.05) is 24.3 Å². The monoisotopic (exact) mass is 335 g/mol. The van der Waals surface area contributed by atoms with E-state index in [2.05, 4.69) is 33.8 Å². The summed E-state index contributed by atoms with van der Waals surface area (Å²) >= 11 is 0. The van der Waals surface area contributed by atoms with Crippen LogP contribution in [0.5, 0.6) is 5.75 Å². The molecule has 0 saturated heterocycles. The number of fused-ring (bicyclic) bond motifs is 3. The quantitative estimate of drug-likeness (QED) is 0.680. The summed E-state index contributed by atoms with van der Waals surface area (Å²) < 4.78 is 5.18. The van der Waals surface area contributed by atoms with Crippen molar-refractivity contribution in [2.45, 2.75) is 25.3 Å². The van der Waals surface area contributed by atoms with Gasteiger partial charge in [0.05, 0.1) is 7.11 Å². The van der Waals surface area contributed by atoms with Gasteiger partial charge in [-0.05, 0) is 36.6 Å². The van der Waals surface area contributed by atoms with Crippen LogP contribution in [0, 0.1) is 0 Å². The van der Waals surface area contributed by atoms with Gasteiger partial charge in [-0.15, -0.1) is 0 Å². The zero-order chi connectivity index (χ0) is 17.2. The van der Waals surface area contributed by atoms with E-state index in [9.17, 15) is 4.79 Å². The van der Waals surface area contributed by atoms with Crippen molar-refractivity contribution < 1.29 is 9.53 Å². The Hall–Kier alpha value is -2.95. The lowest BCUT2D eigenvalue weighted by Crippen LogP contribution is -2.41. The molecule has 25 heavy (non-hydrogen) atoms. The maximum Gasteiger partial charge on any atom is 0.319 e. The van der Waals surface area contributed by atoms with Crippen molar-refractivity contribution in [2.75, 3.05) is 12.4 Å². The zero-order valence-corrected chi connectivity index (χ0v) is 14.1. The van der Waals surface area contributed by atoms with Gasteiger partial charge >= 0.3 is 6.03 Å². The van der Waals surface area contributed by atoms with Crippen molar-refractivity contribution in [2.24, 2.45) is 0 Å². The Morgan fingerprint density at radius 2 is 2.08 bits per heavy atom. The van der Waals surface area contributed by atoms with Crippen LogP contribution in [0.3, 0.4) is 0 Å². The second kappa shape index (κ2) is 6.51. The molecular weight excluding hydrogens is 314 g/mol. The number of aryl methyl sites for hydroxylation is 1. The Kier molecular flexibility index (Phi) is 4.06. The number of aromatic nitrogens is 1. The first-order valence-corrected chi connectivity index (χ1v) is 8.53. The summed E-state index contributed by atoms with van der Waals surface area (Å²) in [5.41, 5.74) is 4.52. The largest absolute Gasteiger partial charge is 0.497 e. The lowest BCUT2D eigenvalue weighted by Gasteiger charge is -2.23. The number of rotatable bonds is 3. The van der Waals surface area contributed by atoms with Crippen molar-refractivity contribution in [1.29, 1.82) is 0 Å². The van der Waals surface area contributed by atoms with Crippen molar-refractivity contribution in [3.63, 3.8) is 0 Å². The molecule has 1 atom stereocenters. The third-order valence-electron chi connectivity index (χ3n) is 4.76. The van der Waals surface area contributed by atoms with Crippen LogP contribution in [-0.4, -0.2) is 24.2 Å². The van der Waals surface area contributed by atoms with Gasteiger partial charge in [0, 0.05) is 40.8 Å². The first-order chi connectivity index (χ1) is 12.2. The number of methoxy groups -OCH3 is 1. The average molecular weight is 335 g/mol. The molecule has 5 nitrogen and oxygen atoms in total. The third kappa shape index (κ3) is 3.18. The van der Waals surface area contributed by atoms with Crippen LogP contribution in [0.15, 0.2) is 48.5 Å². The van der Waals surface area contributed by atoms with Crippen LogP contribution < -0.4 is 15.4 Å². The molecule has 0 spiro atoms. The molecule has 1 unspecified atom stereocenters. The highest BCUT2D eigenvalue weighted by Crippen LogP contribution is 2.29. The fourth-order valence-corrected chi connectivity index (χ4v) is 3.56. The number of para-hydroxylation sites is 1. The van der Waals surface area contributed by atoms with Crippen molar-refractivity contribution in [1.82, 2.24) is 10.3 Å². The van der Waals surface area contributed by atoms with Crippen LogP contribution in [0.25, 0.3) is 10.9 Å². The molecule has 0 aliphatic heterocycles. The highest BCUT2D eigenvalue weighted by molar-refractivity contribution is 5.90. The fraction of sp³-hybridized carbons (Fsp3) is 0.250. The molecule has 1 aliphatic rings. The van der Waals surface area contributed by atoms with Crippen LogP contribution >= 0.6 is 0 Å². The summed E-state index contributed by atoms with van der Waals surface area (Å²) in [6, 6.07) is 15.7. The molecule has 5 heteroatoms. The standard InChI is InChI=1S/C20H21N3O2/c1-25-15-6-4-5-13(11-15)21-20(24)22-14-9-10-17-16-7-2-3-8-18(16)23-19(17)12-14/h2-8,11,14,23H,9-10,12H2,1H3,(H2,21,22,24). The first kappa shape index (κ1) is 15.6. The van der Waals surface area contributed by atoms with E-state index in [1.165, 1.54) is 22.2 Å². The smallest absolute Gasteiger partial charge is 0.319 e. The highest BCUT2D eigenvalue weighted by Gasteiger charge is 2.23. The second-order valence-electron chi connectivity index (χ2n) is 6.40. The number of aromatic amines is 1. The Bertz CT molecular complexity index is 916. The average Bonchev–Trinajstić information content (AvgIpc) is 2.99. The van der Waals surface area contributed by atoms with Gasteiger partial charge in [-0.1, -0.05) is 24.3 Å². The predicted octanol–water partition coefficient (Wildman–Crippen LogP) is 3.86. The van der Waals surface area contributed by atoms with Gasteiger partial charge in [0.1, 0.15) is 5.75 Å². The minimum Gasteiger partial charge on any atom is -0.497 e. The first-order valence-electron chi connectivity index (χ1n) is 8.53. The van der Waals surface area contributed by atoms with Crippen LogP contribution in [0.2, 0.25) is 0 Å². The van der Waals surface area contributed by atoms with Gasteiger partial charge in [-0.3, -0.25) is 0 Å². The molecule has 128 valence electrons. The van der Waals surface area contributed by atoms with E-state index < -0.39 is 0 Å². The maximum absolute atomic E-state index is 12.3. The zero-order valence-electron chi connectivity index (χ0n) is 14.1. The number of benzene rings is 2. The number of carbonyl (C=O) groups excluding carboxylic acids is 1. The summed E-state index contributed by atoms with van der Waals surface area (Å²) in [6.45, 7) is 0. The van der Waals surface area contributed by atoms with E-state index in [0.29, 0.717) is 0 Å². The Labute approximate surface area is 146 Å². The summed E-state index contributed by atoms with van der Waals surface area (Å²) in [4.78, 5) is 15.8. The number of anilines is 1. The molecule has 3 aromatic rings. The molecule has 0 radical (unpaired) electrons. The number of urea groups is 1. The second-order valence-corrected chi connectivity index (χ2v) is 6.40. The van der Waals surface area contributed by atoms with Crippen LogP contribution in [0.4, 0.5) is 10.5 Å². The van der Waals surface area contributed by atoms with Gasteiger partial charge in [-0.25, -0.2) is 4.79 Å². The number of ether oxygens (including phenoxy) is 1. The number of hydrogen-bond donors (Lipinski definition) is 3. The number of hydrogen-bond acceptors (Lipinski definition) is 2. The van der Waals surface area contributed by atoms with Gasteiger partial charge in [-0.2, -0.15) is 0 Å². The fourth-order valence-electron chi connectivity index (χ4n) is 3.56. The van der Waals surface area contributed by atoms with Crippen molar-refractivity contribution in [3.8, 4) is 5.75 Å². The third-order valence-corrected chi connectivity index (χ3v) is 4.76. The maximum atomic E-state index is 12.3. The minimum atomic E-state index is -0.183. The van der Waals surface area contributed by atoms with Gasteiger partial charge in [0.15, 0.2) is 0 Å². The lowest BCUT2D eigenvalue weighted by molar-refractivity contribution is 0.247. The topological polar surface area (TPSA) is 66.2 Å². The minimum absolute atomic E-state index is 0.131. The lowest BCUT2D eigenvalue weighted by atomic mass is 9.92. The van der Waals surface area contributed by atoms with Crippen molar-refractivity contribution in [3.05, 3.63) is 59.8 Å². The molecule has 1 heterocycles. The van der Waals surface area contributed by atoms with E-state index in [1.54, 1.807) is 13.2 Å². The molecule has 2 amide bonds. The molecular formula is C20H21N3O2.